The molecule has 0 aromatic carbocycles. The Bertz CT molecular complexity index is 693. The molecule has 0 aliphatic carbocycles. The lowest BCUT2D eigenvalue weighted by Crippen LogP contribution is -2.29. The van der Waals surface area contributed by atoms with Crippen molar-refractivity contribution in [2.45, 2.75) is 0 Å². The smallest absolute Gasteiger partial charge is 0.234 e. The largest absolute Gasteiger partial charge is 0.308 e. The number of imidazole rings is 1. The van der Waals surface area contributed by atoms with Crippen LogP contribution in [0.1, 0.15) is 0 Å². The second kappa shape index (κ2) is 5.04. The lowest BCUT2D eigenvalue weighted by Gasteiger charge is -2.13. The van der Waals surface area contributed by atoms with Gasteiger partial charge in [0.15, 0.2) is 5.82 Å². The lowest BCUT2D eigenvalue weighted by atomic mass is 10.4. The van der Waals surface area contributed by atoms with Crippen LogP contribution in [-0.4, -0.2) is 45.7 Å². The van der Waals surface area contributed by atoms with E-state index < -0.39 is 10.2 Å². The van der Waals surface area contributed by atoms with Gasteiger partial charge in [0.2, 0.25) is 5.28 Å². The zero-order valence-corrected chi connectivity index (χ0v) is 12.3. The van der Waals surface area contributed by atoms with Gasteiger partial charge in [0, 0.05) is 32.6 Å². The first-order valence-corrected chi connectivity index (χ1v) is 7.14. The van der Waals surface area contributed by atoms with E-state index in [-0.39, 0.29) is 22.0 Å². The van der Waals surface area contributed by atoms with Crippen molar-refractivity contribution in [1.29, 1.82) is 0 Å². The number of hydrogen-bond acceptors (Lipinski definition) is 5. The molecule has 0 N–H and O–H groups in total. The van der Waals surface area contributed by atoms with E-state index in [9.17, 15) is 8.42 Å². The Morgan fingerprint density at radius 1 is 1.26 bits per heavy atom. The first-order valence-electron chi connectivity index (χ1n) is 4.99. The lowest BCUT2D eigenvalue weighted by molar-refractivity contribution is 0.511. The number of hydrogen-bond donors (Lipinski definition) is 0. The molecule has 2 rings (SSSR count). The minimum Gasteiger partial charge on any atom is -0.234 e. The molecule has 2 aromatic rings. The predicted octanol–water partition coefficient (Wildman–Crippen LogP) is 1.30. The molecule has 2 heterocycles. The third-order valence-electron chi connectivity index (χ3n) is 2.21. The molecule has 0 bridgehead atoms. The molecule has 0 radical (unpaired) electrons. The molecule has 0 amide bonds. The van der Waals surface area contributed by atoms with Gasteiger partial charge in [-0.3, -0.25) is 0 Å². The second-order valence-electron chi connectivity index (χ2n) is 3.68. The van der Waals surface area contributed by atoms with Gasteiger partial charge < -0.3 is 0 Å². The van der Waals surface area contributed by atoms with Crippen molar-refractivity contribution in [3.63, 3.8) is 0 Å². The highest BCUT2D eigenvalue weighted by molar-refractivity contribution is 7.87. The number of aromatic nitrogens is 4. The quantitative estimate of drug-likeness (QED) is 0.628. The SMILES string of the molecule is CN(C)S(=O)(=O)n1ccnc1-c1cc(Cl)nc(Cl)n1. The van der Waals surface area contributed by atoms with Crippen LogP contribution < -0.4 is 0 Å². The molecule has 19 heavy (non-hydrogen) atoms. The molecule has 102 valence electrons. The van der Waals surface area contributed by atoms with Crippen molar-refractivity contribution in [2.24, 2.45) is 0 Å². The monoisotopic (exact) mass is 321 g/mol. The maximum atomic E-state index is 12.1. The average Bonchev–Trinajstić information content (AvgIpc) is 2.76. The average molecular weight is 322 g/mol. The molecular formula is C9H9Cl2N5O2S. The van der Waals surface area contributed by atoms with Gasteiger partial charge in [0.1, 0.15) is 10.8 Å². The standard InChI is InChI=1S/C9H9Cl2N5O2S/c1-15(2)19(17,18)16-4-3-12-8(16)6-5-7(10)14-9(11)13-6/h3-5H,1-2H3. The van der Waals surface area contributed by atoms with Gasteiger partial charge in [0.05, 0.1) is 0 Å². The molecule has 10 heteroatoms. The van der Waals surface area contributed by atoms with Gasteiger partial charge in [-0.15, -0.1) is 0 Å². The van der Waals surface area contributed by atoms with Crippen molar-refractivity contribution in [3.8, 4) is 11.5 Å². The Morgan fingerprint density at radius 3 is 2.53 bits per heavy atom. The molecule has 2 aromatic heterocycles. The van der Waals surface area contributed by atoms with E-state index in [1.54, 1.807) is 0 Å². The molecule has 0 spiro atoms. The molecule has 0 saturated heterocycles. The topological polar surface area (TPSA) is 81.0 Å². The van der Waals surface area contributed by atoms with Gasteiger partial charge in [-0.25, -0.2) is 18.9 Å². The summed E-state index contributed by atoms with van der Waals surface area (Å²) in [4.78, 5) is 11.6. The molecule has 0 saturated carbocycles. The van der Waals surface area contributed by atoms with E-state index >= 15 is 0 Å². The van der Waals surface area contributed by atoms with Crippen LogP contribution in [0.2, 0.25) is 10.4 Å². The highest BCUT2D eigenvalue weighted by atomic mass is 35.5. The molecule has 0 aliphatic rings. The van der Waals surface area contributed by atoms with Gasteiger partial charge in [-0.1, -0.05) is 11.6 Å². The van der Waals surface area contributed by atoms with Gasteiger partial charge in [-0.05, 0) is 11.6 Å². The maximum Gasteiger partial charge on any atom is 0.308 e. The van der Waals surface area contributed by atoms with E-state index in [4.69, 9.17) is 23.2 Å². The van der Waals surface area contributed by atoms with Crippen molar-refractivity contribution in [3.05, 3.63) is 28.9 Å². The second-order valence-corrected chi connectivity index (χ2v) is 6.43. The van der Waals surface area contributed by atoms with Gasteiger partial charge in [0.25, 0.3) is 0 Å². The summed E-state index contributed by atoms with van der Waals surface area (Å²) in [5.41, 5.74) is 0.223. The molecule has 0 fully saturated rings. The van der Waals surface area contributed by atoms with Crippen LogP contribution >= 0.6 is 23.2 Å². The van der Waals surface area contributed by atoms with Crippen LogP contribution in [0.4, 0.5) is 0 Å². The third kappa shape index (κ3) is 2.71. The highest BCUT2D eigenvalue weighted by Crippen LogP contribution is 2.21. The molecular weight excluding hydrogens is 313 g/mol. The zero-order chi connectivity index (χ0) is 14.2. The van der Waals surface area contributed by atoms with Crippen LogP contribution in [0.5, 0.6) is 0 Å². The normalized spacial score (nSPS) is 12.1. The summed E-state index contributed by atoms with van der Waals surface area (Å²) in [5.74, 6) is 0.111. The minimum atomic E-state index is -3.70. The zero-order valence-electron chi connectivity index (χ0n) is 9.95. The number of nitrogens with zero attached hydrogens (tertiary/aromatic N) is 5. The number of halogens is 2. The molecule has 0 aliphatic heterocycles. The van der Waals surface area contributed by atoms with Crippen molar-refractivity contribution in [2.75, 3.05) is 14.1 Å². The van der Waals surface area contributed by atoms with Crippen LogP contribution in [0, 0.1) is 0 Å². The summed E-state index contributed by atoms with van der Waals surface area (Å²) in [6.45, 7) is 0. The summed E-state index contributed by atoms with van der Waals surface area (Å²) in [7, 11) is -0.866. The van der Waals surface area contributed by atoms with Crippen molar-refractivity contribution >= 4 is 33.4 Å². The maximum absolute atomic E-state index is 12.1. The first kappa shape index (κ1) is 14.2. The summed E-state index contributed by atoms with van der Waals surface area (Å²) < 4.78 is 26.2. The van der Waals surface area contributed by atoms with E-state index in [1.165, 1.54) is 32.6 Å². The summed E-state index contributed by atoms with van der Waals surface area (Å²) in [6, 6.07) is 1.39. The van der Waals surface area contributed by atoms with Crippen LogP contribution in [0.15, 0.2) is 18.5 Å². The summed E-state index contributed by atoms with van der Waals surface area (Å²) >= 11 is 11.5. The van der Waals surface area contributed by atoms with Crippen molar-refractivity contribution in [1.82, 2.24) is 23.2 Å². The van der Waals surface area contributed by atoms with E-state index in [0.29, 0.717) is 0 Å². The first-order chi connectivity index (χ1) is 8.82. The van der Waals surface area contributed by atoms with Crippen molar-refractivity contribution < 1.29 is 8.42 Å². The Labute approximate surface area is 120 Å². The van der Waals surface area contributed by atoms with Crippen LogP contribution in [0.3, 0.4) is 0 Å². The molecule has 0 unspecified atom stereocenters. The van der Waals surface area contributed by atoms with E-state index in [2.05, 4.69) is 15.0 Å². The van der Waals surface area contributed by atoms with Gasteiger partial charge in [-0.2, -0.15) is 12.7 Å². The Hall–Kier alpha value is -1.22. The third-order valence-corrected chi connectivity index (χ3v) is 4.29. The van der Waals surface area contributed by atoms with Crippen LogP contribution in [0.25, 0.3) is 11.5 Å². The van der Waals surface area contributed by atoms with E-state index in [1.807, 2.05) is 0 Å². The fraction of sp³-hybridized carbons (Fsp3) is 0.222. The predicted molar refractivity (Wildman–Crippen MR) is 71.3 cm³/mol. The fourth-order valence-electron chi connectivity index (χ4n) is 1.34. The molecule has 0 atom stereocenters. The van der Waals surface area contributed by atoms with Crippen LogP contribution in [-0.2, 0) is 10.2 Å². The highest BCUT2D eigenvalue weighted by Gasteiger charge is 2.22. The number of rotatable bonds is 3. The summed E-state index contributed by atoms with van der Waals surface area (Å²) in [5, 5.41) is 0.0195. The van der Waals surface area contributed by atoms with E-state index in [0.717, 1.165) is 8.28 Å². The Morgan fingerprint density at radius 2 is 1.95 bits per heavy atom. The molecule has 7 nitrogen and oxygen atoms in total. The minimum absolute atomic E-state index is 0.0840. The Balaban J connectivity index is 2.63. The van der Waals surface area contributed by atoms with Gasteiger partial charge >= 0.3 is 10.2 Å². The Kier molecular flexibility index (Phi) is 3.77. The fourth-order valence-corrected chi connectivity index (χ4v) is 2.67. The summed E-state index contributed by atoms with van der Waals surface area (Å²) in [6.07, 6.45) is 2.66.